The fourth-order valence-corrected chi connectivity index (χ4v) is 3.68. The number of allylic oxidation sites excluding steroid dienone is 1. The third-order valence-electron chi connectivity index (χ3n) is 4.98. The maximum atomic E-state index is 12.1. The van der Waals surface area contributed by atoms with E-state index in [1.54, 1.807) is 24.5 Å². The van der Waals surface area contributed by atoms with Crippen molar-refractivity contribution >= 4 is 23.4 Å². The van der Waals surface area contributed by atoms with Gasteiger partial charge in [0.1, 0.15) is 0 Å². The van der Waals surface area contributed by atoms with E-state index < -0.39 is 0 Å². The lowest BCUT2D eigenvalue weighted by Crippen LogP contribution is -2.45. The number of benzene rings is 1. The lowest BCUT2D eigenvalue weighted by molar-refractivity contribution is 0.0955. The largest absolute Gasteiger partial charge is 0.363 e. The molecule has 0 spiro atoms. The molecule has 0 aliphatic carbocycles. The van der Waals surface area contributed by atoms with Crippen molar-refractivity contribution in [2.45, 2.75) is 40.2 Å². The number of hydrogen-bond donors (Lipinski definition) is 1. The van der Waals surface area contributed by atoms with Gasteiger partial charge >= 0.3 is 0 Å². The van der Waals surface area contributed by atoms with Crippen molar-refractivity contribution in [2.75, 3.05) is 11.4 Å². The standard InChI is InChI=1S/C22H26N4O/c1-6-26-20-10-15(2)18(11-19(20)16(3)12-22(26,4)5)14-24-25-21(27)17-8-7-9-23-13-17/h7-14H,6H2,1-5H3,(H,25,27)/b24-14-. The number of hydrogen-bond acceptors (Lipinski definition) is 4. The van der Waals surface area contributed by atoms with E-state index in [0.29, 0.717) is 5.56 Å². The molecule has 0 fully saturated rings. The van der Waals surface area contributed by atoms with Crippen LogP contribution in [0, 0.1) is 6.92 Å². The molecule has 0 unspecified atom stereocenters. The summed E-state index contributed by atoms with van der Waals surface area (Å²) < 4.78 is 0. The molecule has 27 heavy (non-hydrogen) atoms. The van der Waals surface area contributed by atoms with Crippen LogP contribution in [0.1, 0.15) is 54.7 Å². The van der Waals surface area contributed by atoms with E-state index in [1.807, 2.05) is 0 Å². The molecule has 0 atom stereocenters. The van der Waals surface area contributed by atoms with Crippen LogP contribution in [-0.4, -0.2) is 29.2 Å². The number of nitrogens with zero attached hydrogens (tertiary/aromatic N) is 3. The summed E-state index contributed by atoms with van der Waals surface area (Å²) in [7, 11) is 0. The first-order valence-corrected chi connectivity index (χ1v) is 9.19. The van der Waals surface area contributed by atoms with Gasteiger partial charge in [0.05, 0.1) is 17.3 Å². The Morgan fingerprint density at radius 1 is 1.33 bits per heavy atom. The lowest BCUT2D eigenvalue weighted by Gasteiger charge is -2.43. The third-order valence-corrected chi connectivity index (χ3v) is 4.98. The number of amides is 1. The molecule has 2 heterocycles. The zero-order valence-electron chi connectivity index (χ0n) is 16.6. The SMILES string of the molecule is CCN1c2cc(C)c(/C=N\NC(=O)c3cccnc3)cc2C(C)=CC1(C)C. The highest BCUT2D eigenvalue weighted by Crippen LogP contribution is 2.39. The predicted octanol–water partition coefficient (Wildman–Crippen LogP) is 4.18. The minimum atomic E-state index is -0.273. The Morgan fingerprint density at radius 2 is 2.11 bits per heavy atom. The Bertz CT molecular complexity index is 913. The number of likely N-dealkylation sites (N-methyl/N-ethyl adjacent to an activating group) is 1. The summed E-state index contributed by atoms with van der Waals surface area (Å²) in [4.78, 5) is 18.4. The molecule has 5 heteroatoms. The summed E-state index contributed by atoms with van der Waals surface area (Å²) in [6.07, 6.45) is 7.16. The first-order valence-electron chi connectivity index (χ1n) is 9.19. The Kier molecular flexibility index (Phi) is 5.13. The highest BCUT2D eigenvalue weighted by atomic mass is 16.2. The maximum Gasteiger partial charge on any atom is 0.272 e. The Labute approximate surface area is 160 Å². The number of nitrogens with one attached hydrogen (secondary N) is 1. The van der Waals surface area contributed by atoms with E-state index in [0.717, 1.165) is 17.7 Å². The molecule has 2 aromatic rings. The highest BCUT2D eigenvalue weighted by molar-refractivity contribution is 5.95. The van der Waals surface area contributed by atoms with Crippen molar-refractivity contribution in [3.63, 3.8) is 0 Å². The number of fused-ring (bicyclic) bond motifs is 1. The fourth-order valence-electron chi connectivity index (χ4n) is 3.68. The van der Waals surface area contributed by atoms with Crippen LogP contribution in [0.3, 0.4) is 0 Å². The van der Waals surface area contributed by atoms with E-state index in [2.05, 4.69) is 73.2 Å². The summed E-state index contributed by atoms with van der Waals surface area (Å²) in [5, 5.41) is 4.14. The molecular weight excluding hydrogens is 336 g/mol. The molecule has 1 amide bonds. The van der Waals surface area contributed by atoms with E-state index in [9.17, 15) is 4.79 Å². The quantitative estimate of drug-likeness (QED) is 0.656. The zero-order valence-corrected chi connectivity index (χ0v) is 16.6. The average molecular weight is 362 g/mol. The van der Waals surface area contributed by atoms with E-state index in [-0.39, 0.29) is 11.4 Å². The van der Waals surface area contributed by atoms with E-state index >= 15 is 0 Å². The van der Waals surface area contributed by atoms with Gasteiger partial charge in [-0.25, -0.2) is 5.43 Å². The van der Waals surface area contributed by atoms with Gasteiger partial charge in [-0.2, -0.15) is 5.10 Å². The topological polar surface area (TPSA) is 57.6 Å². The van der Waals surface area contributed by atoms with Crippen molar-refractivity contribution in [3.8, 4) is 0 Å². The molecule has 1 aliphatic heterocycles. The second-order valence-corrected chi connectivity index (χ2v) is 7.39. The molecule has 1 aromatic heterocycles. The molecule has 3 rings (SSSR count). The number of pyridine rings is 1. The van der Waals surface area contributed by atoms with Crippen LogP contribution < -0.4 is 10.3 Å². The fraction of sp³-hybridized carbons (Fsp3) is 0.318. The van der Waals surface area contributed by atoms with Crippen LogP contribution in [-0.2, 0) is 0 Å². The molecule has 1 N–H and O–H groups in total. The van der Waals surface area contributed by atoms with Crippen LogP contribution >= 0.6 is 0 Å². The second kappa shape index (κ2) is 7.35. The minimum absolute atomic E-state index is 0.00836. The summed E-state index contributed by atoms with van der Waals surface area (Å²) in [5.74, 6) is -0.273. The normalized spacial score (nSPS) is 15.4. The van der Waals surface area contributed by atoms with E-state index in [1.165, 1.54) is 23.0 Å². The smallest absolute Gasteiger partial charge is 0.272 e. The van der Waals surface area contributed by atoms with Crippen molar-refractivity contribution in [3.05, 3.63) is 65.0 Å². The van der Waals surface area contributed by atoms with Crippen molar-refractivity contribution < 1.29 is 4.79 Å². The third kappa shape index (κ3) is 3.77. The number of anilines is 1. The van der Waals surface area contributed by atoms with Crippen LogP contribution in [0.5, 0.6) is 0 Å². The van der Waals surface area contributed by atoms with Crippen molar-refractivity contribution in [2.24, 2.45) is 5.10 Å². The van der Waals surface area contributed by atoms with Gasteiger partial charge in [0.15, 0.2) is 0 Å². The average Bonchev–Trinajstić information content (AvgIpc) is 2.63. The van der Waals surface area contributed by atoms with Gasteiger partial charge in [0.2, 0.25) is 0 Å². The van der Waals surface area contributed by atoms with Crippen LogP contribution in [0.25, 0.3) is 5.57 Å². The lowest BCUT2D eigenvalue weighted by atomic mass is 9.87. The number of hydrazone groups is 1. The number of carbonyl (C=O) groups is 1. The van der Waals surface area contributed by atoms with Crippen LogP contribution in [0.4, 0.5) is 5.69 Å². The van der Waals surface area contributed by atoms with Crippen LogP contribution in [0.2, 0.25) is 0 Å². The van der Waals surface area contributed by atoms with E-state index in [4.69, 9.17) is 0 Å². The zero-order chi connectivity index (χ0) is 19.6. The van der Waals surface area contributed by atoms with Crippen LogP contribution in [0.15, 0.2) is 47.8 Å². The maximum absolute atomic E-state index is 12.1. The molecule has 0 saturated carbocycles. The predicted molar refractivity (Wildman–Crippen MR) is 111 cm³/mol. The summed E-state index contributed by atoms with van der Waals surface area (Å²) in [6, 6.07) is 7.79. The summed E-state index contributed by atoms with van der Waals surface area (Å²) in [5.41, 5.74) is 8.87. The van der Waals surface area contributed by atoms with Gasteiger partial charge < -0.3 is 4.90 Å². The van der Waals surface area contributed by atoms with Crippen molar-refractivity contribution in [1.82, 2.24) is 10.4 Å². The Balaban J connectivity index is 1.86. The monoisotopic (exact) mass is 362 g/mol. The number of aryl methyl sites for hydroxylation is 1. The summed E-state index contributed by atoms with van der Waals surface area (Å²) >= 11 is 0. The Hall–Kier alpha value is -2.95. The van der Waals surface area contributed by atoms with Gasteiger partial charge in [-0.05, 0) is 75.6 Å². The highest BCUT2D eigenvalue weighted by Gasteiger charge is 2.30. The first kappa shape index (κ1) is 18.8. The molecule has 0 saturated heterocycles. The second-order valence-electron chi connectivity index (χ2n) is 7.39. The molecule has 0 bridgehead atoms. The molecule has 1 aromatic carbocycles. The van der Waals surface area contributed by atoms with Gasteiger partial charge in [-0.15, -0.1) is 0 Å². The minimum Gasteiger partial charge on any atom is -0.363 e. The summed E-state index contributed by atoms with van der Waals surface area (Å²) in [6.45, 7) is 11.8. The number of carbonyl (C=O) groups excluding carboxylic acids is 1. The molecule has 1 aliphatic rings. The number of rotatable bonds is 4. The van der Waals surface area contributed by atoms with Gasteiger partial charge in [-0.1, -0.05) is 6.08 Å². The first-order chi connectivity index (χ1) is 12.8. The molecular formula is C22H26N4O. The molecule has 0 radical (unpaired) electrons. The number of aromatic nitrogens is 1. The van der Waals surface area contributed by atoms with Gasteiger partial charge in [0.25, 0.3) is 5.91 Å². The Morgan fingerprint density at radius 3 is 2.78 bits per heavy atom. The van der Waals surface area contributed by atoms with Gasteiger partial charge in [0, 0.05) is 30.2 Å². The van der Waals surface area contributed by atoms with Gasteiger partial charge in [-0.3, -0.25) is 9.78 Å². The molecule has 140 valence electrons. The molecule has 5 nitrogen and oxygen atoms in total. The van der Waals surface area contributed by atoms with Crippen molar-refractivity contribution in [1.29, 1.82) is 0 Å².